The van der Waals surface area contributed by atoms with Gasteiger partial charge in [-0.15, -0.1) is 0 Å². The number of hydrogen-bond acceptors (Lipinski definition) is 6. The lowest BCUT2D eigenvalue weighted by molar-refractivity contribution is -0.151. The molecule has 1 fully saturated rings. The summed E-state index contributed by atoms with van der Waals surface area (Å²) in [5, 5.41) is 4.00. The van der Waals surface area contributed by atoms with Crippen LogP contribution in [-0.2, 0) is 22.0 Å². The van der Waals surface area contributed by atoms with E-state index in [0.29, 0.717) is 31.2 Å². The molecule has 2 aromatic rings. The second-order valence-corrected chi connectivity index (χ2v) is 5.32. The smallest absolute Gasteiger partial charge is 0.321 e. The van der Waals surface area contributed by atoms with Crippen LogP contribution >= 0.6 is 0 Å². The lowest BCUT2D eigenvalue weighted by atomic mass is 9.86. The zero-order chi connectivity index (χ0) is 14.9. The van der Waals surface area contributed by atoms with Gasteiger partial charge < -0.3 is 13.8 Å². The molecule has 0 radical (unpaired) electrons. The van der Waals surface area contributed by atoms with Crippen LogP contribution in [0.15, 0.2) is 17.0 Å². The standard InChI is InChI=1S/C14H18N4O3/c1-3-20-13(19)14(6-4-5-7-14)12-16-11(17-21-12)10-8-15-9-18(10)2/h8-9H,3-7H2,1-2H3. The van der Waals surface area contributed by atoms with E-state index in [1.807, 2.05) is 7.05 Å². The summed E-state index contributed by atoms with van der Waals surface area (Å²) in [7, 11) is 1.86. The molecule has 0 aliphatic heterocycles. The Morgan fingerprint density at radius 1 is 1.48 bits per heavy atom. The number of hydrogen-bond donors (Lipinski definition) is 0. The predicted octanol–water partition coefficient (Wildman–Crippen LogP) is 1.84. The van der Waals surface area contributed by atoms with E-state index < -0.39 is 5.41 Å². The fourth-order valence-corrected chi connectivity index (χ4v) is 2.85. The van der Waals surface area contributed by atoms with Crippen molar-refractivity contribution < 1.29 is 14.1 Å². The van der Waals surface area contributed by atoms with E-state index in [4.69, 9.17) is 9.26 Å². The van der Waals surface area contributed by atoms with Crippen LogP contribution in [0.1, 0.15) is 38.5 Å². The summed E-state index contributed by atoms with van der Waals surface area (Å²) in [6.45, 7) is 2.15. The highest BCUT2D eigenvalue weighted by Gasteiger charge is 2.49. The zero-order valence-electron chi connectivity index (χ0n) is 12.2. The van der Waals surface area contributed by atoms with Crippen LogP contribution in [0.25, 0.3) is 11.5 Å². The third kappa shape index (κ3) is 2.22. The Labute approximate surface area is 122 Å². The van der Waals surface area contributed by atoms with Gasteiger partial charge in [-0.25, -0.2) is 4.98 Å². The lowest BCUT2D eigenvalue weighted by Gasteiger charge is -2.21. The third-order valence-corrected chi connectivity index (χ3v) is 4.00. The van der Waals surface area contributed by atoms with Crippen LogP contribution in [0.3, 0.4) is 0 Å². The molecule has 0 bridgehead atoms. The maximum Gasteiger partial charge on any atom is 0.321 e. The minimum Gasteiger partial charge on any atom is -0.465 e. The van der Waals surface area contributed by atoms with Gasteiger partial charge in [0.2, 0.25) is 11.7 Å². The van der Waals surface area contributed by atoms with Crippen LogP contribution in [0.4, 0.5) is 0 Å². The number of esters is 1. The summed E-state index contributed by atoms with van der Waals surface area (Å²) >= 11 is 0. The fourth-order valence-electron chi connectivity index (χ4n) is 2.85. The first-order valence-electron chi connectivity index (χ1n) is 7.15. The summed E-state index contributed by atoms with van der Waals surface area (Å²) in [5.41, 5.74) is -0.0261. The average Bonchev–Trinajstić information content (AvgIpc) is 3.18. The molecular weight excluding hydrogens is 272 g/mol. The van der Waals surface area contributed by atoms with Crippen LogP contribution in [-0.4, -0.2) is 32.3 Å². The Kier molecular flexibility index (Phi) is 3.48. The van der Waals surface area contributed by atoms with Crippen LogP contribution < -0.4 is 0 Å². The second-order valence-electron chi connectivity index (χ2n) is 5.32. The summed E-state index contributed by atoms with van der Waals surface area (Å²) < 4.78 is 12.4. The minimum atomic E-state index is -0.778. The van der Waals surface area contributed by atoms with Crippen LogP contribution in [0.2, 0.25) is 0 Å². The molecule has 0 atom stereocenters. The molecule has 21 heavy (non-hydrogen) atoms. The maximum atomic E-state index is 12.4. The topological polar surface area (TPSA) is 83.0 Å². The van der Waals surface area contributed by atoms with Gasteiger partial charge in [0.1, 0.15) is 11.1 Å². The first kappa shape index (κ1) is 13.8. The number of carbonyl (C=O) groups is 1. The molecule has 2 aromatic heterocycles. The summed E-state index contributed by atoms with van der Waals surface area (Å²) in [5.74, 6) is 0.540. The van der Waals surface area contributed by atoms with E-state index in [-0.39, 0.29) is 5.97 Å². The van der Waals surface area contributed by atoms with E-state index in [1.165, 1.54) is 0 Å². The first-order valence-corrected chi connectivity index (χ1v) is 7.15. The van der Waals surface area contributed by atoms with Crippen molar-refractivity contribution in [2.24, 2.45) is 7.05 Å². The first-order chi connectivity index (χ1) is 10.2. The number of carbonyl (C=O) groups excluding carboxylic acids is 1. The van der Waals surface area contributed by atoms with Gasteiger partial charge in [-0.1, -0.05) is 18.0 Å². The van der Waals surface area contributed by atoms with Gasteiger partial charge in [0.05, 0.1) is 19.1 Å². The van der Waals surface area contributed by atoms with Crippen molar-refractivity contribution in [3.05, 3.63) is 18.4 Å². The zero-order valence-corrected chi connectivity index (χ0v) is 12.2. The third-order valence-electron chi connectivity index (χ3n) is 4.00. The van der Waals surface area contributed by atoms with Gasteiger partial charge >= 0.3 is 5.97 Å². The molecule has 1 aliphatic rings. The molecule has 7 heteroatoms. The lowest BCUT2D eigenvalue weighted by Crippen LogP contribution is -2.35. The summed E-state index contributed by atoms with van der Waals surface area (Å²) in [6, 6.07) is 0. The van der Waals surface area contributed by atoms with Gasteiger partial charge in [0.15, 0.2) is 0 Å². The van der Waals surface area contributed by atoms with Crippen molar-refractivity contribution in [2.45, 2.75) is 38.0 Å². The van der Waals surface area contributed by atoms with Crippen molar-refractivity contribution in [3.63, 3.8) is 0 Å². The van der Waals surface area contributed by atoms with Gasteiger partial charge in [0.25, 0.3) is 0 Å². The molecule has 0 saturated heterocycles. The van der Waals surface area contributed by atoms with Crippen molar-refractivity contribution in [2.75, 3.05) is 6.61 Å². The quantitative estimate of drug-likeness (QED) is 0.799. The molecule has 112 valence electrons. The molecule has 0 unspecified atom stereocenters. The molecule has 3 rings (SSSR count). The van der Waals surface area contributed by atoms with Crippen LogP contribution in [0.5, 0.6) is 0 Å². The van der Waals surface area contributed by atoms with E-state index in [2.05, 4.69) is 15.1 Å². The minimum absolute atomic E-state index is 0.261. The highest BCUT2D eigenvalue weighted by atomic mass is 16.5. The molecule has 0 spiro atoms. The monoisotopic (exact) mass is 290 g/mol. The van der Waals surface area contributed by atoms with Crippen molar-refractivity contribution in [1.82, 2.24) is 19.7 Å². The van der Waals surface area contributed by atoms with E-state index >= 15 is 0 Å². The molecule has 1 saturated carbocycles. The number of aryl methyl sites for hydroxylation is 1. The summed E-state index contributed by atoms with van der Waals surface area (Å²) in [6.07, 6.45) is 6.64. The number of rotatable bonds is 4. The largest absolute Gasteiger partial charge is 0.465 e. The number of ether oxygens (including phenoxy) is 1. The summed E-state index contributed by atoms with van der Waals surface area (Å²) in [4.78, 5) is 20.8. The molecule has 2 heterocycles. The Morgan fingerprint density at radius 2 is 2.24 bits per heavy atom. The Morgan fingerprint density at radius 3 is 2.86 bits per heavy atom. The molecule has 0 amide bonds. The van der Waals surface area contributed by atoms with Gasteiger partial charge in [-0.3, -0.25) is 4.79 Å². The van der Waals surface area contributed by atoms with Crippen molar-refractivity contribution in [3.8, 4) is 11.5 Å². The predicted molar refractivity (Wildman–Crippen MR) is 73.3 cm³/mol. The van der Waals surface area contributed by atoms with E-state index in [1.54, 1.807) is 24.0 Å². The SMILES string of the molecule is CCOC(=O)C1(c2nc(-c3cncn3C)no2)CCCC1. The van der Waals surface area contributed by atoms with Gasteiger partial charge in [-0.05, 0) is 19.8 Å². The van der Waals surface area contributed by atoms with Crippen molar-refractivity contribution in [1.29, 1.82) is 0 Å². The highest BCUT2D eigenvalue weighted by Crippen LogP contribution is 2.41. The number of aromatic nitrogens is 4. The Balaban J connectivity index is 1.96. The van der Waals surface area contributed by atoms with E-state index in [0.717, 1.165) is 18.5 Å². The molecule has 1 aliphatic carbocycles. The normalized spacial score (nSPS) is 17.0. The number of nitrogens with zero attached hydrogens (tertiary/aromatic N) is 4. The molecule has 0 N–H and O–H groups in total. The molecular formula is C14H18N4O3. The molecule has 7 nitrogen and oxygen atoms in total. The highest BCUT2D eigenvalue weighted by molar-refractivity contribution is 5.82. The van der Waals surface area contributed by atoms with E-state index in [9.17, 15) is 4.79 Å². The second kappa shape index (κ2) is 5.31. The van der Waals surface area contributed by atoms with Gasteiger partial charge in [0, 0.05) is 7.05 Å². The fraction of sp³-hybridized carbons (Fsp3) is 0.571. The van der Waals surface area contributed by atoms with Crippen molar-refractivity contribution >= 4 is 5.97 Å². The average molecular weight is 290 g/mol. The Bertz CT molecular complexity index is 640. The Hall–Kier alpha value is -2.18. The molecule has 0 aromatic carbocycles. The number of imidazole rings is 1. The van der Waals surface area contributed by atoms with Gasteiger partial charge in [-0.2, -0.15) is 4.98 Å². The van der Waals surface area contributed by atoms with Crippen LogP contribution in [0, 0.1) is 0 Å². The maximum absolute atomic E-state index is 12.4.